The van der Waals surface area contributed by atoms with Crippen LogP contribution in [0.2, 0.25) is 10.0 Å². The maximum atomic E-state index is 14.5. The fraction of sp³-hybridized carbons (Fsp3) is 0.387. The molecule has 2 aliphatic heterocycles. The Bertz CT molecular complexity index is 1400. The number of aliphatic hydroxyl groups is 1. The van der Waals surface area contributed by atoms with Crippen LogP contribution in [0, 0.1) is 0 Å². The summed E-state index contributed by atoms with van der Waals surface area (Å²) in [7, 11) is 0. The predicted molar refractivity (Wildman–Crippen MR) is 164 cm³/mol. The highest BCUT2D eigenvalue weighted by atomic mass is 35.5. The SMILES string of the molecule is CCOc1cc(OCC)c(C2=N[C@H](c3ccc(Cl)cc3)[C@H](c3ccc(Cl)cc3)N2C(=O)N2CCN(CCO)CC2)cn1. The molecule has 3 aromatic rings. The molecule has 0 spiro atoms. The average Bonchev–Trinajstić information content (AvgIpc) is 3.39. The largest absolute Gasteiger partial charge is 0.493 e. The van der Waals surface area contributed by atoms with Gasteiger partial charge in [0.15, 0.2) is 0 Å². The van der Waals surface area contributed by atoms with E-state index in [2.05, 4.69) is 9.88 Å². The Morgan fingerprint density at radius 3 is 2.14 bits per heavy atom. The van der Waals surface area contributed by atoms with Gasteiger partial charge in [0.25, 0.3) is 0 Å². The fourth-order valence-corrected chi connectivity index (χ4v) is 5.65. The minimum absolute atomic E-state index is 0.0865. The van der Waals surface area contributed by atoms with Crippen molar-refractivity contribution in [2.24, 2.45) is 4.99 Å². The standard InChI is InChI=1S/C31H35Cl2N5O4/c1-3-41-26-19-27(42-4-2)34-20-25(26)30-35-28(21-5-9-23(32)10-6-21)29(22-7-11-24(33)12-8-22)38(30)31(40)37-15-13-36(14-16-37)17-18-39/h5-12,19-20,28-29,39H,3-4,13-18H2,1-2H3/t28-,29+/m1/s1. The Morgan fingerprint density at radius 1 is 0.929 bits per heavy atom. The molecule has 0 bridgehead atoms. The van der Waals surface area contributed by atoms with Crippen LogP contribution in [0.4, 0.5) is 4.79 Å². The summed E-state index contributed by atoms with van der Waals surface area (Å²) >= 11 is 12.5. The molecule has 9 nitrogen and oxygen atoms in total. The number of aliphatic imine (C=N–C) groups is 1. The second-order valence-corrected chi connectivity index (χ2v) is 10.9. The van der Waals surface area contributed by atoms with E-state index in [0.29, 0.717) is 79.0 Å². The first kappa shape index (κ1) is 30.1. The summed E-state index contributed by atoms with van der Waals surface area (Å²) in [6.45, 7) is 7.75. The van der Waals surface area contributed by atoms with E-state index in [-0.39, 0.29) is 12.6 Å². The zero-order chi connectivity index (χ0) is 29.6. The van der Waals surface area contributed by atoms with E-state index in [9.17, 15) is 9.90 Å². The number of benzene rings is 2. The number of halogens is 2. The van der Waals surface area contributed by atoms with Crippen LogP contribution in [0.1, 0.15) is 42.6 Å². The van der Waals surface area contributed by atoms with Gasteiger partial charge in [-0.15, -0.1) is 0 Å². The van der Waals surface area contributed by atoms with Crippen LogP contribution in [-0.4, -0.2) is 89.2 Å². The molecule has 0 unspecified atom stereocenters. The number of hydrogen-bond acceptors (Lipinski definition) is 7. The summed E-state index contributed by atoms with van der Waals surface area (Å²) in [5.41, 5.74) is 2.40. The number of aromatic nitrogens is 1. The second kappa shape index (κ2) is 13.7. The van der Waals surface area contributed by atoms with Crippen LogP contribution < -0.4 is 9.47 Å². The highest BCUT2D eigenvalue weighted by molar-refractivity contribution is 6.30. The molecule has 3 heterocycles. The number of carbonyl (C=O) groups excluding carboxylic acids is 1. The molecule has 42 heavy (non-hydrogen) atoms. The highest BCUT2D eigenvalue weighted by Crippen LogP contribution is 2.45. The molecule has 0 saturated carbocycles. The summed E-state index contributed by atoms with van der Waals surface area (Å²) in [6, 6.07) is 15.8. The van der Waals surface area contributed by atoms with E-state index in [0.717, 1.165) is 11.1 Å². The molecule has 2 aliphatic rings. The minimum atomic E-state index is -0.470. The molecule has 0 aliphatic carbocycles. The van der Waals surface area contributed by atoms with Gasteiger partial charge in [-0.2, -0.15) is 0 Å². The Balaban J connectivity index is 1.64. The Morgan fingerprint density at radius 2 is 1.55 bits per heavy atom. The maximum Gasteiger partial charge on any atom is 0.326 e. The van der Waals surface area contributed by atoms with Gasteiger partial charge in [0.1, 0.15) is 17.6 Å². The average molecular weight is 613 g/mol. The van der Waals surface area contributed by atoms with Crippen molar-refractivity contribution in [3.63, 3.8) is 0 Å². The summed E-state index contributed by atoms with van der Waals surface area (Å²) in [4.78, 5) is 30.0. The molecule has 1 N–H and O–H groups in total. The molecule has 0 radical (unpaired) electrons. The van der Waals surface area contributed by atoms with Crippen molar-refractivity contribution in [2.45, 2.75) is 25.9 Å². The van der Waals surface area contributed by atoms with E-state index in [1.165, 1.54) is 0 Å². The van der Waals surface area contributed by atoms with Crippen molar-refractivity contribution >= 4 is 35.1 Å². The summed E-state index contributed by atoms with van der Waals surface area (Å²) in [5, 5.41) is 10.6. The molecule has 1 fully saturated rings. The van der Waals surface area contributed by atoms with Crippen molar-refractivity contribution in [1.29, 1.82) is 0 Å². The number of hydrogen-bond donors (Lipinski definition) is 1. The topological polar surface area (TPSA) is 90.7 Å². The van der Waals surface area contributed by atoms with Crippen molar-refractivity contribution < 1.29 is 19.4 Å². The van der Waals surface area contributed by atoms with Gasteiger partial charge in [-0.1, -0.05) is 47.5 Å². The molecular weight excluding hydrogens is 577 g/mol. The predicted octanol–water partition coefficient (Wildman–Crippen LogP) is 5.46. The third-order valence-electron chi connectivity index (χ3n) is 7.43. The molecule has 2 aromatic carbocycles. The monoisotopic (exact) mass is 611 g/mol. The van der Waals surface area contributed by atoms with Crippen molar-refractivity contribution in [2.75, 3.05) is 52.5 Å². The van der Waals surface area contributed by atoms with Crippen molar-refractivity contribution in [3.05, 3.63) is 87.5 Å². The molecule has 2 atom stereocenters. The third-order valence-corrected chi connectivity index (χ3v) is 7.93. The summed E-state index contributed by atoms with van der Waals surface area (Å²) < 4.78 is 11.7. The third kappa shape index (κ3) is 6.49. The van der Waals surface area contributed by atoms with Gasteiger partial charge in [0, 0.05) is 55.0 Å². The number of piperazine rings is 1. The lowest BCUT2D eigenvalue weighted by molar-refractivity contribution is 0.108. The molecule has 222 valence electrons. The number of ether oxygens (including phenoxy) is 2. The van der Waals surface area contributed by atoms with Crippen molar-refractivity contribution in [3.8, 4) is 11.6 Å². The fourth-order valence-electron chi connectivity index (χ4n) is 5.40. The minimum Gasteiger partial charge on any atom is -0.493 e. The first-order chi connectivity index (χ1) is 20.4. The van der Waals surface area contributed by atoms with Gasteiger partial charge in [0.2, 0.25) is 5.88 Å². The van der Waals surface area contributed by atoms with E-state index in [1.807, 2.05) is 67.3 Å². The van der Waals surface area contributed by atoms with Crippen molar-refractivity contribution in [1.82, 2.24) is 19.7 Å². The molecule has 1 saturated heterocycles. The smallest absolute Gasteiger partial charge is 0.326 e. The van der Waals surface area contributed by atoms with Crippen LogP contribution in [0.3, 0.4) is 0 Å². The Hall–Kier alpha value is -3.37. The highest BCUT2D eigenvalue weighted by Gasteiger charge is 2.45. The first-order valence-electron chi connectivity index (χ1n) is 14.2. The van der Waals surface area contributed by atoms with E-state index >= 15 is 0 Å². The molecule has 2 amide bonds. The number of nitrogens with zero attached hydrogens (tertiary/aromatic N) is 5. The quantitative estimate of drug-likeness (QED) is 0.345. The zero-order valence-electron chi connectivity index (χ0n) is 23.7. The number of β-amino-alcohol motifs (C(OH)–C–C–N with tert-alkyl or cyclic N) is 1. The van der Waals surface area contributed by atoms with Crippen LogP contribution in [0.15, 0.2) is 65.8 Å². The van der Waals surface area contributed by atoms with Crippen LogP contribution in [0.25, 0.3) is 0 Å². The van der Waals surface area contributed by atoms with Gasteiger partial charge in [0.05, 0.1) is 31.4 Å². The van der Waals surface area contributed by atoms with Crippen LogP contribution in [-0.2, 0) is 0 Å². The van der Waals surface area contributed by atoms with Gasteiger partial charge in [-0.05, 0) is 49.2 Å². The number of carbonyl (C=O) groups is 1. The van der Waals surface area contributed by atoms with E-state index in [4.69, 9.17) is 37.7 Å². The van der Waals surface area contributed by atoms with Crippen LogP contribution >= 0.6 is 23.2 Å². The number of amidine groups is 1. The zero-order valence-corrected chi connectivity index (χ0v) is 25.3. The summed E-state index contributed by atoms with van der Waals surface area (Å²) in [5.74, 6) is 1.44. The maximum absolute atomic E-state index is 14.5. The van der Waals surface area contributed by atoms with Gasteiger partial charge < -0.3 is 19.5 Å². The lowest BCUT2D eigenvalue weighted by Gasteiger charge is -2.39. The lowest BCUT2D eigenvalue weighted by Crippen LogP contribution is -2.54. The number of rotatable bonds is 9. The van der Waals surface area contributed by atoms with E-state index < -0.39 is 12.1 Å². The van der Waals surface area contributed by atoms with Gasteiger partial charge in [-0.25, -0.2) is 9.78 Å². The number of pyridine rings is 1. The van der Waals surface area contributed by atoms with Gasteiger partial charge in [-0.3, -0.25) is 14.8 Å². The first-order valence-corrected chi connectivity index (χ1v) is 14.9. The molecule has 11 heteroatoms. The number of aliphatic hydroxyl groups excluding tert-OH is 1. The Kier molecular flexibility index (Phi) is 9.84. The van der Waals surface area contributed by atoms with Crippen LogP contribution in [0.5, 0.6) is 11.6 Å². The number of urea groups is 1. The lowest BCUT2D eigenvalue weighted by atomic mass is 9.93. The summed E-state index contributed by atoms with van der Waals surface area (Å²) in [6.07, 6.45) is 1.66. The molecular formula is C31H35Cl2N5O4. The molecule has 1 aromatic heterocycles. The number of amides is 2. The Labute approximate surface area is 256 Å². The van der Waals surface area contributed by atoms with Gasteiger partial charge >= 0.3 is 6.03 Å². The van der Waals surface area contributed by atoms with E-state index in [1.54, 1.807) is 17.2 Å². The molecule has 5 rings (SSSR count). The normalized spacial score (nSPS) is 19.1. The second-order valence-electron chi connectivity index (χ2n) is 10.0.